The van der Waals surface area contributed by atoms with Gasteiger partial charge < -0.3 is 19.9 Å². The number of nitrogens with two attached hydrogens (primary N) is 1. The number of hydrogen-bond acceptors (Lipinski definition) is 4. The number of rotatable bonds is 6. The third-order valence-corrected chi connectivity index (χ3v) is 2.20. The molecule has 0 spiro atoms. The second-order valence-corrected chi connectivity index (χ2v) is 4.91. The maximum Gasteiger partial charge on any atom is 0.146 e. The van der Waals surface area contributed by atoms with E-state index in [2.05, 4.69) is 0 Å². The van der Waals surface area contributed by atoms with Gasteiger partial charge in [-0.2, -0.15) is 0 Å². The van der Waals surface area contributed by atoms with Crippen LogP contribution >= 0.6 is 0 Å². The molecule has 0 atom stereocenters. The van der Waals surface area contributed by atoms with E-state index in [4.69, 9.17) is 19.9 Å². The molecule has 0 unspecified atom stereocenters. The molecule has 2 N–H and O–H groups in total. The summed E-state index contributed by atoms with van der Waals surface area (Å²) in [7, 11) is 0. The van der Waals surface area contributed by atoms with Gasteiger partial charge in [0.25, 0.3) is 0 Å². The van der Waals surface area contributed by atoms with Crippen LogP contribution in [0.5, 0.6) is 11.5 Å². The van der Waals surface area contributed by atoms with Crippen LogP contribution in [0.1, 0.15) is 27.7 Å². The van der Waals surface area contributed by atoms with Gasteiger partial charge >= 0.3 is 0 Å². The maximum atomic E-state index is 5.95. The van der Waals surface area contributed by atoms with Gasteiger partial charge in [-0.15, -0.1) is 0 Å². The fourth-order valence-corrected chi connectivity index (χ4v) is 1.43. The van der Waals surface area contributed by atoms with Crippen LogP contribution < -0.4 is 15.2 Å². The van der Waals surface area contributed by atoms with Crippen molar-refractivity contribution in [2.45, 2.75) is 33.3 Å². The molecule has 0 amide bonds. The molecule has 0 aliphatic heterocycles. The molecule has 4 nitrogen and oxygen atoms in total. The van der Waals surface area contributed by atoms with Gasteiger partial charge in [-0.05, 0) is 39.8 Å². The smallest absolute Gasteiger partial charge is 0.146 e. The lowest BCUT2D eigenvalue weighted by Gasteiger charge is -2.20. The van der Waals surface area contributed by atoms with E-state index in [0.717, 1.165) is 0 Å². The zero-order valence-corrected chi connectivity index (χ0v) is 11.7. The third kappa shape index (κ3) is 4.84. The van der Waals surface area contributed by atoms with Crippen LogP contribution in [0.2, 0.25) is 0 Å². The molecule has 1 rings (SSSR count). The van der Waals surface area contributed by atoms with Crippen molar-refractivity contribution < 1.29 is 14.2 Å². The van der Waals surface area contributed by atoms with Crippen molar-refractivity contribution in [3.05, 3.63) is 18.2 Å². The fraction of sp³-hybridized carbons (Fsp3) is 0.571. The lowest BCUT2D eigenvalue weighted by atomic mass is 10.2. The Bertz CT molecular complexity index is 372. The number of para-hydroxylation sites is 1. The predicted octanol–water partition coefficient (Wildman–Crippen LogP) is 2.86. The number of anilines is 1. The minimum absolute atomic E-state index is 0.151. The molecule has 0 aliphatic carbocycles. The largest absolute Gasteiger partial charge is 0.492 e. The van der Waals surface area contributed by atoms with Crippen molar-refractivity contribution in [1.82, 2.24) is 0 Å². The zero-order valence-electron chi connectivity index (χ0n) is 11.7. The van der Waals surface area contributed by atoms with Gasteiger partial charge in [0.05, 0.1) is 18.8 Å². The van der Waals surface area contributed by atoms with Crippen LogP contribution in [0.25, 0.3) is 0 Å². The average Bonchev–Trinajstić information content (AvgIpc) is 2.28. The first-order valence-corrected chi connectivity index (χ1v) is 6.22. The number of benzene rings is 1. The minimum Gasteiger partial charge on any atom is -0.492 e. The molecule has 0 bridgehead atoms. The van der Waals surface area contributed by atoms with Gasteiger partial charge in [0.15, 0.2) is 0 Å². The van der Waals surface area contributed by atoms with Gasteiger partial charge in [-0.1, -0.05) is 6.07 Å². The van der Waals surface area contributed by atoms with E-state index in [0.29, 0.717) is 37.0 Å². The summed E-state index contributed by atoms with van der Waals surface area (Å²) >= 11 is 0. The number of nitrogen functional groups attached to an aromatic ring is 1. The van der Waals surface area contributed by atoms with Crippen LogP contribution in [0.3, 0.4) is 0 Å². The highest BCUT2D eigenvalue weighted by atomic mass is 16.5. The summed E-state index contributed by atoms with van der Waals surface area (Å²) in [5.41, 5.74) is 6.33. The summed E-state index contributed by atoms with van der Waals surface area (Å²) < 4.78 is 16.6. The lowest BCUT2D eigenvalue weighted by Crippen LogP contribution is -2.22. The van der Waals surface area contributed by atoms with Crippen molar-refractivity contribution in [2.75, 3.05) is 25.6 Å². The molecule has 4 heteroatoms. The standard InChI is InChI=1S/C14H23NO3/c1-5-16-11-7-6-8-12(13(11)15)17-9-10-18-14(2,3)4/h6-8H,5,9-10,15H2,1-4H3. The minimum atomic E-state index is -0.151. The first-order valence-electron chi connectivity index (χ1n) is 6.22. The highest BCUT2D eigenvalue weighted by molar-refractivity contribution is 5.62. The van der Waals surface area contributed by atoms with E-state index in [1.54, 1.807) is 0 Å². The first-order chi connectivity index (χ1) is 8.44. The number of ether oxygens (including phenoxy) is 3. The van der Waals surface area contributed by atoms with E-state index in [1.807, 2.05) is 45.9 Å². The van der Waals surface area contributed by atoms with Crippen LogP contribution in [-0.2, 0) is 4.74 Å². The van der Waals surface area contributed by atoms with Crippen molar-refractivity contribution in [3.63, 3.8) is 0 Å². The van der Waals surface area contributed by atoms with Crippen LogP contribution in [0, 0.1) is 0 Å². The molecule has 1 aromatic carbocycles. The molecule has 18 heavy (non-hydrogen) atoms. The molecule has 0 saturated heterocycles. The van der Waals surface area contributed by atoms with Crippen molar-refractivity contribution in [2.24, 2.45) is 0 Å². The van der Waals surface area contributed by atoms with Gasteiger partial charge in [0.2, 0.25) is 0 Å². The molecular formula is C14H23NO3. The van der Waals surface area contributed by atoms with Gasteiger partial charge in [0.1, 0.15) is 23.8 Å². The van der Waals surface area contributed by atoms with Gasteiger partial charge in [0, 0.05) is 0 Å². The Hall–Kier alpha value is -1.42. The SMILES string of the molecule is CCOc1cccc(OCCOC(C)(C)C)c1N. The molecule has 102 valence electrons. The fourth-order valence-electron chi connectivity index (χ4n) is 1.43. The summed E-state index contributed by atoms with van der Waals surface area (Å²) in [6.07, 6.45) is 0. The Kier molecular flexibility index (Phi) is 5.28. The Balaban J connectivity index is 2.50. The molecule has 0 aliphatic rings. The molecule has 0 radical (unpaired) electrons. The quantitative estimate of drug-likeness (QED) is 0.625. The average molecular weight is 253 g/mol. The Morgan fingerprint density at radius 3 is 2.22 bits per heavy atom. The Morgan fingerprint density at radius 1 is 1.06 bits per heavy atom. The predicted molar refractivity (Wildman–Crippen MR) is 73.2 cm³/mol. The second-order valence-electron chi connectivity index (χ2n) is 4.91. The summed E-state index contributed by atoms with van der Waals surface area (Å²) in [5.74, 6) is 1.30. The molecule has 0 aromatic heterocycles. The van der Waals surface area contributed by atoms with E-state index < -0.39 is 0 Å². The van der Waals surface area contributed by atoms with E-state index >= 15 is 0 Å². The van der Waals surface area contributed by atoms with Crippen LogP contribution in [0.15, 0.2) is 18.2 Å². The maximum absolute atomic E-state index is 5.95. The van der Waals surface area contributed by atoms with E-state index in [1.165, 1.54) is 0 Å². The molecule has 0 fully saturated rings. The highest BCUT2D eigenvalue weighted by Gasteiger charge is 2.10. The lowest BCUT2D eigenvalue weighted by molar-refractivity contribution is -0.0162. The summed E-state index contributed by atoms with van der Waals surface area (Å²) in [6.45, 7) is 9.54. The summed E-state index contributed by atoms with van der Waals surface area (Å²) in [6, 6.07) is 5.52. The highest BCUT2D eigenvalue weighted by Crippen LogP contribution is 2.31. The van der Waals surface area contributed by atoms with Crippen LogP contribution in [-0.4, -0.2) is 25.4 Å². The molecular weight excluding hydrogens is 230 g/mol. The monoisotopic (exact) mass is 253 g/mol. The second kappa shape index (κ2) is 6.50. The van der Waals surface area contributed by atoms with Crippen molar-refractivity contribution in [1.29, 1.82) is 0 Å². The molecule has 0 saturated carbocycles. The Labute approximate surface area is 109 Å². The van der Waals surface area contributed by atoms with Gasteiger partial charge in [-0.25, -0.2) is 0 Å². The van der Waals surface area contributed by atoms with Gasteiger partial charge in [-0.3, -0.25) is 0 Å². The first kappa shape index (κ1) is 14.6. The zero-order chi connectivity index (χ0) is 13.6. The summed E-state index contributed by atoms with van der Waals surface area (Å²) in [4.78, 5) is 0. The van der Waals surface area contributed by atoms with Crippen molar-refractivity contribution >= 4 is 5.69 Å². The number of hydrogen-bond donors (Lipinski definition) is 1. The Morgan fingerprint density at radius 2 is 1.67 bits per heavy atom. The topological polar surface area (TPSA) is 53.7 Å². The van der Waals surface area contributed by atoms with E-state index in [-0.39, 0.29) is 5.60 Å². The summed E-state index contributed by atoms with van der Waals surface area (Å²) in [5, 5.41) is 0. The normalized spacial score (nSPS) is 11.3. The molecule has 0 heterocycles. The van der Waals surface area contributed by atoms with Crippen molar-refractivity contribution in [3.8, 4) is 11.5 Å². The van der Waals surface area contributed by atoms with E-state index in [9.17, 15) is 0 Å². The third-order valence-electron chi connectivity index (χ3n) is 2.20. The molecule has 1 aromatic rings. The van der Waals surface area contributed by atoms with Crippen LogP contribution in [0.4, 0.5) is 5.69 Å².